The highest BCUT2D eigenvalue weighted by atomic mass is 16.5. The third kappa shape index (κ3) is 3.53. The minimum Gasteiger partial charge on any atom is -0.497 e. The van der Waals surface area contributed by atoms with E-state index in [4.69, 9.17) is 13.0 Å². The molecule has 0 radical (unpaired) electrons. The Hall–Kier alpha value is -1.06. The van der Waals surface area contributed by atoms with E-state index >= 15 is 0 Å². The molecular formula is C17H27NO2. The van der Waals surface area contributed by atoms with Crippen molar-refractivity contribution in [2.75, 3.05) is 27.6 Å². The molecule has 1 aromatic rings. The van der Waals surface area contributed by atoms with Gasteiger partial charge in [0.25, 0.3) is 0 Å². The van der Waals surface area contributed by atoms with Crippen molar-refractivity contribution in [2.24, 2.45) is 0 Å². The number of hydrogen-bond donors (Lipinski definition) is 1. The Balaban J connectivity index is 2.42. The molecule has 0 spiro atoms. The molecule has 3 nitrogen and oxygen atoms in total. The number of nitrogens with zero attached hydrogens (tertiary/aromatic N) is 1. The van der Waals surface area contributed by atoms with E-state index < -0.39 is 25.5 Å². The van der Waals surface area contributed by atoms with Gasteiger partial charge in [-0.05, 0) is 44.5 Å². The lowest BCUT2D eigenvalue weighted by atomic mass is 9.72. The topological polar surface area (TPSA) is 32.7 Å². The summed E-state index contributed by atoms with van der Waals surface area (Å²) >= 11 is 0. The van der Waals surface area contributed by atoms with Crippen LogP contribution in [0.2, 0.25) is 0 Å². The average molecular weight is 283 g/mol. The molecule has 0 heterocycles. The van der Waals surface area contributed by atoms with E-state index in [0.29, 0.717) is 29.1 Å². The van der Waals surface area contributed by atoms with Crippen LogP contribution in [0.4, 0.5) is 0 Å². The van der Waals surface area contributed by atoms with Gasteiger partial charge in [0.15, 0.2) is 0 Å². The maximum absolute atomic E-state index is 11.3. The van der Waals surface area contributed by atoms with Gasteiger partial charge in [-0.1, -0.05) is 31.4 Å². The number of hydrogen-bond acceptors (Lipinski definition) is 3. The number of rotatable bonds is 5. The number of ether oxygens (including phenoxy) is 1. The number of aliphatic hydroxyl groups is 1. The van der Waals surface area contributed by atoms with Crippen LogP contribution < -0.4 is 4.74 Å². The van der Waals surface area contributed by atoms with Crippen LogP contribution >= 0.6 is 0 Å². The lowest BCUT2D eigenvalue weighted by Gasteiger charge is -2.40. The molecule has 0 aromatic heterocycles. The minimum atomic E-state index is -2.78. The molecule has 1 fully saturated rings. The maximum atomic E-state index is 11.3. The van der Waals surface area contributed by atoms with Crippen molar-refractivity contribution in [1.29, 1.82) is 0 Å². The van der Waals surface area contributed by atoms with Gasteiger partial charge in [0.05, 0.1) is 12.7 Å². The molecule has 1 N–H and O–H groups in total. The van der Waals surface area contributed by atoms with E-state index in [0.717, 1.165) is 19.3 Å². The Morgan fingerprint density at radius 1 is 1.25 bits per heavy atom. The van der Waals surface area contributed by atoms with Gasteiger partial charge in [-0.25, -0.2) is 0 Å². The maximum Gasteiger partial charge on any atom is 0.118 e. The molecule has 1 aliphatic carbocycles. The average Bonchev–Trinajstić information content (AvgIpc) is 2.53. The standard InChI is InChI=1S/C17H27NO2/c1-18(2)13-16(17(19)11-5-4-6-12-17)14-7-9-15(20-3)10-8-14/h7-10,16,19H,4-6,11-13H2,1-3H3/i1D3,2D3. The molecular weight excluding hydrogens is 250 g/mol. The van der Waals surface area contributed by atoms with Gasteiger partial charge in [-0.2, -0.15) is 0 Å². The molecule has 20 heavy (non-hydrogen) atoms. The summed E-state index contributed by atoms with van der Waals surface area (Å²) < 4.78 is 51.0. The summed E-state index contributed by atoms with van der Waals surface area (Å²) in [5.74, 6) is 0.0289. The summed E-state index contributed by atoms with van der Waals surface area (Å²) in [6.45, 7) is -5.82. The molecule has 3 heteroatoms. The second-order valence-electron chi connectivity index (χ2n) is 5.60. The monoisotopic (exact) mass is 283 g/mol. The lowest BCUT2D eigenvalue weighted by molar-refractivity contribution is -0.0277. The van der Waals surface area contributed by atoms with Crippen LogP contribution in [0.1, 0.15) is 51.8 Å². The Labute approximate surface area is 131 Å². The van der Waals surface area contributed by atoms with Crippen LogP contribution in [0.15, 0.2) is 24.3 Å². The fourth-order valence-corrected chi connectivity index (χ4v) is 3.12. The normalized spacial score (nSPS) is 25.6. The van der Waals surface area contributed by atoms with E-state index in [-0.39, 0.29) is 6.54 Å². The van der Waals surface area contributed by atoms with Crippen molar-refractivity contribution in [2.45, 2.75) is 43.6 Å². The van der Waals surface area contributed by atoms with Crippen molar-refractivity contribution in [3.8, 4) is 5.75 Å². The molecule has 1 atom stereocenters. The predicted octanol–water partition coefficient (Wildman–Crippen LogP) is 3.04. The highest BCUT2D eigenvalue weighted by Gasteiger charge is 2.38. The molecule has 1 aliphatic rings. The second-order valence-corrected chi connectivity index (χ2v) is 5.60. The van der Waals surface area contributed by atoms with E-state index in [9.17, 15) is 5.11 Å². The lowest BCUT2D eigenvalue weighted by Crippen LogP contribution is -2.42. The van der Waals surface area contributed by atoms with Crippen LogP contribution in [0.25, 0.3) is 0 Å². The fraction of sp³-hybridized carbons (Fsp3) is 0.647. The van der Waals surface area contributed by atoms with Gasteiger partial charge >= 0.3 is 0 Å². The Morgan fingerprint density at radius 3 is 2.45 bits per heavy atom. The first-order chi connectivity index (χ1) is 12.0. The van der Waals surface area contributed by atoms with E-state index in [1.807, 2.05) is 0 Å². The van der Waals surface area contributed by atoms with Crippen molar-refractivity contribution in [3.63, 3.8) is 0 Å². The molecule has 1 aromatic carbocycles. The van der Waals surface area contributed by atoms with Crippen molar-refractivity contribution in [1.82, 2.24) is 4.90 Å². The predicted molar refractivity (Wildman–Crippen MR) is 82.3 cm³/mol. The Morgan fingerprint density at radius 2 is 1.90 bits per heavy atom. The third-order valence-corrected chi connectivity index (χ3v) is 4.25. The number of benzene rings is 1. The van der Waals surface area contributed by atoms with Crippen LogP contribution in [-0.4, -0.2) is 43.2 Å². The molecule has 0 aliphatic heterocycles. The summed E-state index contributed by atoms with van der Waals surface area (Å²) in [4.78, 5) is 0.543. The van der Waals surface area contributed by atoms with Crippen LogP contribution in [-0.2, 0) is 0 Å². The smallest absolute Gasteiger partial charge is 0.118 e. The number of likely N-dealkylation sites (N-methyl/N-ethyl adjacent to an activating group) is 1. The Bertz CT molecular complexity index is 564. The SMILES string of the molecule is [2H]C([2H])([2H])N(CC(c1ccc(OC)cc1)C1(O)CCCCC1)C([2H])([2H])[2H]. The second kappa shape index (κ2) is 6.59. The highest BCUT2D eigenvalue weighted by molar-refractivity contribution is 5.31. The van der Waals surface area contributed by atoms with E-state index in [1.54, 1.807) is 31.4 Å². The van der Waals surface area contributed by atoms with Gasteiger partial charge in [0.1, 0.15) is 5.75 Å². The largest absolute Gasteiger partial charge is 0.497 e. The van der Waals surface area contributed by atoms with Crippen molar-refractivity contribution in [3.05, 3.63) is 29.8 Å². The third-order valence-electron chi connectivity index (χ3n) is 4.25. The molecule has 0 amide bonds. The summed E-state index contributed by atoms with van der Waals surface area (Å²) in [7, 11) is 1.55. The van der Waals surface area contributed by atoms with Gasteiger partial charge in [-0.3, -0.25) is 0 Å². The summed E-state index contributed by atoms with van der Waals surface area (Å²) in [5, 5.41) is 11.3. The Kier molecular flexibility index (Phi) is 2.99. The quantitative estimate of drug-likeness (QED) is 0.901. The van der Waals surface area contributed by atoms with Gasteiger partial charge in [-0.15, -0.1) is 0 Å². The highest BCUT2D eigenvalue weighted by Crippen LogP contribution is 2.40. The van der Waals surface area contributed by atoms with Crippen LogP contribution in [0.3, 0.4) is 0 Å². The molecule has 1 saturated carbocycles. The van der Waals surface area contributed by atoms with Crippen LogP contribution in [0, 0.1) is 0 Å². The molecule has 0 saturated heterocycles. The van der Waals surface area contributed by atoms with Crippen LogP contribution in [0.5, 0.6) is 5.75 Å². The molecule has 2 rings (SSSR count). The zero-order chi connectivity index (χ0) is 19.6. The number of methoxy groups -OCH3 is 1. The molecule has 1 unspecified atom stereocenters. The first-order valence-electron chi connectivity index (χ1n) is 10.1. The van der Waals surface area contributed by atoms with E-state index in [2.05, 4.69) is 0 Å². The van der Waals surface area contributed by atoms with Gasteiger partial charge < -0.3 is 14.7 Å². The van der Waals surface area contributed by atoms with Crippen molar-refractivity contribution < 1.29 is 18.1 Å². The fourth-order valence-electron chi connectivity index (χ4n) is 3.12. The molecule has 0 bridgehead atoms. The van der Waals surface area contributed by atoms with Crippen molar-refractivity contribution >= 4 is 0 Å². The summed E-state index contributed by atoms with van der Waals surface area (Å²) in [6.07, 6.45) is 3.74. The van der Waals surface area contributed by atoms with E-state index in [1.165, 1.54) is 0 Å². The van der Waals surface area contributed by atoms with Gasteiger partial charge in [0, 0.05) is 20.7 Å². The zero-order valence-electron chi connectivity index (χ0n) is 17.9. The first-order valence-corrected chi connectivity index (χ1v) is 7.11. The zero-order valence-corrected chi connectivity index (χ0v) is 11.9. The minimum absolute atomic E-state index is 0.268. The van der Waals surface area contributed by atoms with Gasteiger partial charge in [0.2, 0.25) is 0 Å². The summed E-state index contributed by atoms with van der Waals surface area (Å²) in [6, 6.07) is 7.02. The molecule has 112 valence electrons. The summed E-state index contributed by atoms with van der Waals surface area (Å²) in [5.41, 5.74) is -0.407. The first kappa shape index (κ1) is 9.06.